The van der Waals surface area contributed by atoms with Gasteiger partial charge in [-0.05, 0) is 0 Å². The van der Waals surface area contributed by atoms with Gasteiger partial charge in [-0.2, -0.15) is 0 Å². The first-order valence-corrected chi connectivity index (χ1v) is 0. The summed E-state index contributed by atoms with van der Waals surface area (Å²) < 4.78 is 0. The Balaban J connectivity index is 0. The van der Waals surface area contributed by atoms with E-state index in [2.05, 4.69) is 0 Å². The van der Waals surface area contributed by atoms with Crippen LogP contribution in [0.2, 0.25) is 0 Å². The van der Waals surface area contributed by atoms with Crippen LogP contribution >= 0.6 is 37.2 Å². The average Bonchev–Trinajstić information content (AvgIpc) is 0. The van der Waals surface area contributed by atoms with Crippen molar-refractivity contribution in [1.29, 1.82) is 0 Å². The van der Waals surface area contributed by atoms with Gasteiger partial charge in [0.25, 0.3) is 0 Å². The SMILES string of the molecule is Cl.Cl.Cl.[BaH2].[Ti]. The minimum atomic E-state index is 0. The van der Waals surface area contributed by atoms with Crippen molar-refractivity contribution >= 4 is 86.1 Å². The van der Waals surface area contributed by atoms with E-state index < -0.39 is 0 Å². The standard InChI is InChI=1S/Ba.3ClH.Ti.2H/h;3*1H;;;. The zero-order chi connectivity index (χ0) is 0. The molecule has 0 N–H and O–H groups in total. The van der Waals surface area contributed by atoms with Gasteiger partial charge in [-0.15, -0.1) is 37.2 Å². The van der Waals surface area contributed by atoms with Crippen molar-refractivity contribution in [1.82, 2.24) is 0 Å². The van der Waals surface area contributed by atoms with Gasteiger partial charge in [0, 0.05) is 21.7 Å². The molecule has 0 saturated heterocycles. The zero-order valence-corrected chi connectivity index (χ0v) is 5.74. The summed E-state index contributed by atoms with van der Waals surface area (Å²) in [5.74, 6) is 0. The van der Waals surface area contributed by atoms with E-state index in [1.165, 1.54) is 0 Å². The van der Waals surface area contributed by atoms with Crippen molar-refractivity contribution in [3.8, 4) is 0 Å². The third kappa shape index (κ3) is 19.1. The fourth-order valence-corrected chi connectivity index (χ4v) is 0. The van der Waals surface area contributed by atoms with Crippen LogP contribution in [-0.2, 0) is 21.7 Å². The van der Waals surface area contributed by atoms with Gasteiger partial charge in [0.15, 0.2) is 0 Å². The molecule has 0 nitrogen and oxygen atoms in total. The number of halogens is 3. The van der Waals surface area contributed by atoms with Crippen LogP contribution in [0, 0.1) is 0 Å². The summed E-state index contributed by atoms with van der Waals surface area (Å²) in [7, 11) is 0. The van der Waals surface area contributed by atoms with E-state index in [4.69, 9.17) is 0 Å². The summed E-state index contributed by atoms with van der Waals surface area (Å²) in [6.45, 7) is 0. The quantitative estimate of drug-likeness (QED) is 0.566. The summed E-state index contributed by atoms with van der Waals surface area (Å²) in [4.78, 5) is 0. The van der Waals surface area contributed by atoms with Crippen LogP contribution in [0.1, 0.15) is 0 Å². The van der Waals surface area contributed by atoms with Gasteiger partial charge in [-0.25, -0.2) is 0 Å². The molecule has 0 aromatic rings. The monoisotopic (exact) mass is 296 g/mol. The molecule has 0 aliphatic carbocycles. The molecule has 0 amide bonds. The van der Waals surface area contributed by atoms with Crippen LogP contribution in [0.4, 0.5) is 0 Å². The van der Waals surface area contributed by atoms with Crippen molar-refractivity contribution in [2.75, 3.05) is 0 Å². The largest absolute Gasteiger partial charge is 0 e. The molecule has 5 heteroatoms. The van der Waals surface area contributed by atoms with Crippen LogP contribution in [-0.4, -0.2) is 48.9 Å². The predicted molar refractivity (Wildman–Crippen MR) is 30.3 cm³/mol. The van der Waals surface area contributed by atoms with E-state index in [-0.39, 0.29) is 108 Å². The molecule has 0 atom stereocenters. The molecule has 5 heavy (non-hydrogen) atoms. The Morgan fingerprint density at radius 1 is 0.600 bits per heavy atom. The van der Waals surface area contributed by atoms with Gasteiger partial charge in [0.05, 0.1) is 0 Å². The Hall–Kier alpha value is 3.16. The molecule has 0 aromatic heterocycles. The summed E-state index contributed by atoms with van der Waals surface area (Å²) in [6, 6.07) is 0. The maximum atomic E-state index is 0. The van der Waals surface area contributed by atoms with E-state index >= 15 is 0 Å². The normalized spacial score (nSPS) is 0. The first-order valence-electron chi connectivity index (χ1n) is 0. The molecule has 0 spiro atoms. The molecule has 32 valence electrons. The van der Waals surface area contributed by atoms with E-state index in [1.54, 1.807) is 0 Å². The maximum absolute atomic E-state index is 0. The van der Waals surface area contributed by atoms with E-state index in [1.807, 2.05) is 0 Å². The fraction of sp³-hybridized carbons (Fsp3) is 0. The molecule has 0 unspecified atom stereocenters. The second-order valence-corrected chi connectivity index (χ2v) is 0. The van der Waals surface area contributed by atoms with Crippen molar-refractivity contribution < 1.29 is 21.7 Å². The molecule has 0 rings (SSSR count). The van der Waals surface area contributed by atoms with E-state index in [9.17, 15) is 0 Å². The molecular formula is H5BaCl3Ti. The Labute approximate surface area is 105 Å². The molecule has 0 aromatic carbocycles. The van der Waals surface area contributed by atoms with Gasteiger partial charge < -0.3 is 0 Å². The molecule has 0 aliphatic rings. The summed E-state index contributed by atoms with van der Waals surface area (Å²) in [5.41, 5.74) is 0. The molecule has 0 bridgehead atoms. The van der Waals surface area contributed by atoms with Crippen molar-refractivity contribution in [3.63, 3.8) is 0 Å². The van der Waals surface area contributed by atoms with Gasteiger partial charge in [0.1, 0.15) is 0 Å². The van der Waals surface area contributed by atoms with Crippen molar-refractivity contribution in [2.45, 2.75) is 0 Å². The van der Waals surface area contributed by atoms with Crippen molar-refractivity contribution in [3.05, 3.63) is 0 Å². The van der Waals surface area contributed by atoms with Crippen molar-refractivity contribution in [2.24, 2.45) is 0 Å². The number of hydrogen-bond donors (Lipinski definition) is 0. The Bertz CT molecular complexity index is 6.85. The van der Waals surface area contributed by atoms with E-state index in [0.717, 1.165) is 0 Å². The molecule has 0 fully saturated rings. The molecule has 0 aliphatic heterocycles. The third-order valence-corrected chi connectivity index (χ3v) is 0. The summed E-state index contributed by atoms with van der Waals surface area (Å²) >= 11 is 0. The Kier molecular flexibility index (Phi) is 228. The fourth-order valence-electron chi connectivity index (χ4n) is 0. The van der Waals surface area contributed by atoms with Gasteiger partial charge in [-0.1, -0.05) is 0 Å². The van der Waals surface area contributed by atoms with Crippen LogP contribution in [0.15, 0.2) is 0 Å². The second kappa shape index (κ2) is 27.2. The van der Waals surface area contributed by atoms with Gasteiger partial charge in [-0.3, -0.25) is 0 Å². The third-order valence-electron chi connectivity index (χ3n) is 0. The smallest absolute Gasteiger partial charge is 0 e. The Morgan fingerprint density at radius 2 is 0.600 bits per heavy atom. The summed E-state index contributed by atoms with van der Waals surface area (Å²) in [5, 5.41) is 0. The Morgan fingerprint density at radius 3 is 0.600 bits per heavy atom. The zero-order valence-electron chi connectivity index (χ0n) is 1.72. The topological polar surface area (TPSA) is 0 Å². The molecule has 0 radical (unpaired) electrons. The molecular weight excluding hydrogens is 292 g/mol. The first kappa shape index (κ1) is 41.9. The van der Waals surface area contributed by atoms with Crippen LogP contribution in [0.3, 0.4) is 0 Å². The predicted octanol–water partition coefficient (Wildman–Crippen LogP) is 0.347. The van der Waals surface area contributed by atoms with Gasteiger partial charge >= 0.3 is 48.9 Å². The van der Waals surface area contributed by atoms with Crippen LogP contribution in [0.5, 0.6) is 0 Å². The summed E-state index contributed by atoms with van der Waals surface area (Å²) in [6.07, 6.45) is 0. The molecule has 0 saturated carbocycles. The van der Waals surface area contributed by atoms with E-state index in [0.29, 0.717) is 0 Å². The average molecular weight is 297 g/mol. The van der Waals surface area contributed by atoms with Gasteiger partial charge in [0.2, 0.25) is 0 Å². The number of hydrogen-bond acceptors (Lipinski definition) is 0. The second-order valence-electron chi connectivity index (χ2n) is 0. The molecule has 0 heterocycles. The minimum absolute atomic E-state index is 0. The maximum Gasteiger partial charge on any atom is 0 e. The minimum Gasteiger partial charge on any atom is 0 e. The first-order chi connectivity index (χ1) is 0. The van der Waals surface area contributed by atoms with Crippen LogP contribution in [0.25, 0.3) is 0 Å². The van der Waals surface area contributed by atoms with Crippen LogP contribution < -0.4 is 0 Å². The number of rotatable bonds is 0.